The minimum atomic E-state index is -1.18. The summed E-state index contributed by atoms with van der Waals surface area (Å²) in [4.78, 5) is 61.4. The van der Waals surface area contributed by atoms with Crippen LogP contribution in [-0.2, 0) is 47.3 Å². The Hall–Kier alpha value is -5.14. The molecule has 13 rings (SSSR count). The number of hydrogen-bond donors (Lipinski definition) is 2. The van der Waals surface area contributed by atoms with Crippen molar-refractivity contribution in [1.82, 2.24) is 9.80 Å². The smallest absolute Gasteiger partial charge is 0.317 e. The Balaban J connectivity index is 0.695. The van der Waals surface area contributed by atoms with Gasteiger partial charge < -0.3 is 29.2 Å². The highest BCUT2D eigenvalue weighted by Crippen LogP contribution is 2.66. The molecule has 12 nitrogen and oxygen atoms in total. The van der Waals surface area contributed by atoms with Crippen molar-refractivity contribution in [3.05, 3.63) is 94.0 Å². The summed E-state index contributed by atoms with van der Waals surface area (Å²) < 4.78 is 26.0. The Labute approximate surface area is 466 Å². The van der Waals surface area contributed by atoms with Crippen molar-refractivity contribution < 1.29 is 48.3 Å². The molecule has 9 aliphatic rings. The standard InChI is InChI=1S/C67H82N2O10/c1-38-11-21-49(54-52(38)64-27-29-68(34-40-12-13-40)39(2)66(64,74)25-23-47(70)56(64)78-54)76-58(72)62(7,8)36-60(3,4)45-19-16-43-32-46(20-17-42(43)31-45)61(5,6)37-63(9,10)59(73)77-50-22-18-44-33-51-67(75)26-24-48(71)57-65(67,53(44)55(50)79-57)28-30-69(51)35-41-14-15-41/h11,16-22,31-32,39-41,51,56-57,74-75H,12-15,23-30,33-37H2,1-10H3/t39-,51-,56+,57+,64+,65+,66-,67-/m1/s1. The van der Waals surface area contributed by atoms with Crippen LogP contribution in [0.5, 0.6) is 23.0 Å². The number of rotatable bonds is 14. The van der Waals surface area contributed by atoms with Gasteiger partial charge in [0.25, 0.3) is 0 Å². The molecule has 8 atom stereocenters. The van der Waals surface area contributed by atoms with Crippen LogP contribution in [0, 0.1) is 29.6 Å². The molecule has 0 amide bonds. The number of aryl methyl sites for hydroxylation is 1. The summed E-state index contributed by atoms with van der Waals surface area (Å²) in [6.07, 6.45) is 7.48. The molecular weight excluding hydrogens is 993 g/mol. The minimum absolute atomic E-state index is 0.00811. The van der Waals surface area contributed by atoms with Crippen molar-refractivity contribution in [3.8, 4) is 23.0 Å². The van der Waals surface area contributed by atoms with E-state index >= 15 is 0 Å². The van der Waals surface area contributed by atoms with Crippen LogP contribution in [0.15, 0.2) is 60.7 Å². The Morgan fingerprint density at radius 3 is 1.62 bits per heavy atom. The predicted octanol–water partition coefficient (Wildman–Crippen LogP) is 10.5. The molecule has 6 fully saturated rings. The van der Waals surface area contributed by atoms with E-state index in [1.807, 2.05) is 52.8 Å². The fraction of sp³-hybridized carbons (Fsp3) is 0.612. The van der Waals surface area contributed by atoms with Crippen molar-refractivity contribution in [3.63, 3.8) is 0 Å². The van der Waals surface area contributed by atoms with Gasteiger partial charge in [-0.25, -0.2) is 0 Å². The number of aliphatic hydroxyl groups is 2. The van der Waals surface area contributed by atoms with Gasteiger partial charge in [-0.3, -0.25) is 29.0 Å². The Morgan fingerprint density at radius 1 is 0.620 bits per heavy atom. The molecule has 4 aromatic rings. The normalized spacial score (nSPS) is 31.2. The number of esters is 2. The molecule has 5 aliphatic carbocycles. The van der Waals surface area contributed by atoms with Crippen LogP contribution in [0.3, 0.4) is 0 Å². The Morgan fingerprint density at radius 2 is 1.09 bits per heavy atom. The lowest BCUT2D eigenvalue weighted by Crippen LogP contribution is -2.76. The zero-order chi connectivity index (χ0) is 55.8. The number of piperidine rings is 2. The number of nitrogens with zero attached hydrogens (tertiary/aromatic N) is 2. The maximum atomic E-state index is 14.5. The van der Waals surface area contributed by atoms with E-state index in [0.717, 1.165) is 70.3 Å². The topological polar surface area (TPSA) is 152 Å². The molecule has 12 heteroatoms. The lowest BCUT2D eigenvalue weighted by atomic mass is 9.49. The van der Waals surface area contributed by atoms with E-state index in [4.69, 9.17) is 18.9 Å². The summed E-state index contributed by atoms with van der Waals surface area (Å²) in [6.45, 7) is 24.0. The lowest BCUT2D eigenvalue weighted by Gasteiger charge is -2.62. The van der Waals surface area contributed by atoms with Crippen LogP contribution in [0.2, 0.25) is 0 Å². The number of ketones is 2. The van der Waals surface area contributed by atoms with E-state index in [1.54, 1.807) is 6.07 Å². The molecule has 79 heavy (non-hydrogen) atoms. The van der Waals surface area contributed by atoms with E-state index in [0.29, 0.717) is 79.8 Å². The van der Waals surface area contributed by atoms with E-state index < -0.39 is 61.9 Å². The van der Waals surface area contributed by atoms with Crippen molar-refractivity contribution >= 4 is 34.3 Å². The molecular formula is C67H82N2O10. The quantitative estimate of drug-likeness (QED) is 0.0913. The molecule has 0 radical (unpaired) electrons. The van der Waals surface area contributed by atoms with Crippen LogP contribution < -0.4 is 18.9 Å². The molecule has 4 saturated carbocycles. The van der Waals surface area contributed by atoms with E-state index in [2.05, 4.69) is 80.8 Å². The first-order valence-corrected chi connectivity index (χ1v) is 29.8. The molecule has 2 spiro atoms. The summed E-state index contributed by atoms with van der Waals surface area (Å²) in [5.41, 5.74) is -0.903. The average Bonchev–Trinajstić information content (AvgIpc) is 2.33. The van der Waals surface area contributed by atoms with Gasteiger partial charge in [0.2, 0.25) is 0 Å². The van der Waals surface area contributed by atoms with Gasteiger partial charge in [-0.05, 0) is 193 Å². The second kappa shape index (κ2) is 17.7. The average molecular weight is 1080 g/mol. The lowest BCUT2D eigenvalue weighted by molar-refractivity contribution is -0.188. The summed E-state index contributed by atoms with van der Waals surface area (Å²) in [5.74, 6) is 2.07. The highest BCUT2D eigenvalue weighted by molar-refractivity contribution is 5.92. The first-order valence-electron chi connectivity index (χ1n) is 29.8. The van der Waals surface area contributed by atoms with Crippen molar-refractivity contribution in [2.45, 2.75) is 210 Å². The Bertz CT molecular complexity index is 3260. The third-order valence-electron chi connectivity index (χ3n) is 21.7. The second-order valence-electron chi connectivity index (χ2n) is 28.9. The second-order valence-corrected chi connectivity index (χ2v) is 28.9. The summed E-state index contributed by atoms with van der Waals surface area (Å²) >= 11 is 0. The number of Topliss-reactive ketones (excluding diaryl/α,β-unsaturated/α-hetero) is 2. The highest BCUT2D eigenvalue weighted by Gasteiger charge is 2.74. The SMILES string of the molecule is Cc1ccc(OC(=O)C(C)(C)CC(C)(C)c2ccc3cc(C(C)(C)CC(C)(C)C(=O)Oc4ccc5c6c4O[C@H]4C(=O)CC[C@@]7(O)[C@@H](C5)N(CC5CC5)CC[C@]647)ccc3c2)c2c1[C@]13CCN(CC4CC4)[C@H](C)[C@]1(O)CCC(=O)[C@@H]3O2. The third kappa shape index (κ3) is 7.92. The van der Waals surface area contributed by atoms with Gasteiger partial charge in [-0.1, -0.05) is 76.2 Å². The number of benzene rings is 4. The molecule has 4 aromatic carbocycles. The third-order valence-corrected chi connectivity index (χ3v) is 21.7. The fourth-order valence-corrected chi connectivity index (χ4v) is 17.4. The number of fused-ring (bicyclic) bond motifs is 2. The van der Waals surface area contributed by atoms with Crippen molar-refractivity contribution in [2.75, 3.05) is 26.2 Å². The minimum Gasteiger partial charge on any atom is -0.477 e. The van der Waals surface area contributed by atoms with Gasteiger partial charge in [0.05, 0.1) is 32.9 Å². The van der Waals surface area contributed by atoms with Crippen LogP contribution in [0.25, 0.3) is 10.8 Å². The van der Waals surface area contributed by atoms with Crippen molar-refractivity contribution in [2.24, 2.45) is 22.7 Å². The highest BCUT2D eigenvalue weighted by atomic mass is 16.6. The van der Waals surface area contributed by atoms with Crippen molar-refractivity contribution in [1.29, 1.82) is 0 Å². The van der Waals surface area contributed by atoms with Gasteiger partial charge in [-0.2, -0.15) is 0 Å². The van der Waals surface area contributed by atoms with Gasteiger partial charge in [0, 0.05) is 49.1 Å². The molecule has 420 valence electrons. The summed E-state index contributed by atoms with van der Waals surface area (Å²) in [6, 6.07) is 20.4. The van der Waals surface area contributed by atoms with Crippen LogP contribution in [-0.4, -0.2) is 105 Å². The molecule has 0 unspecified atom stereocenters. The molecule has 4 heterocycles. The van der Waals surface area contributed by atoms with E-state index in [9.17, 15) is 29.4 Å². The van der Waals surface area contributed by atoms with Crippen LogP contribution in [0.4, 0.5) is 0 Å². The van der Waals surface area contributed by atoms with E-state index in [1.165, 1.54) is 25.7 Å². The molecule has 4 aliphatic heterocycles. The number of ether oxygens (including phenoxy) is 4. The van der Waals surface area contributed by atoms with Crippen LogP contribution >= 0.6 is 0 Å². The molecule has 0 aromatic heterocycles. The van der Waals surface area contributed by atoms with Gasteiger partial charge >= 0.3 is 11.9 Å². The maximum absolute atomic E-state index is 14.5. The van der Waals surface area contributed by atoms with Gasteiger partial charge in [-0.15, -0.1) is 0 Å². The Kier molecular flexibility index (Phi) is 11.9. The molecule has 2 bridgehead atoms. The molecule has 2 saturated heterocycles. The van der Waals surface area contributed by atoms with Gasteiger partial charge in [0.1, 0.15) is 0 Å². The zero-order valence-electron chi connectivity index (χ0n) is 48.3. The number of carbonyl (C=O) groups excluding carboxylic acids is 4. The monoisotopic (exact) mass is 1070 g/mol. The largest absolute Gasteiger partial charge is 0.477 e. The van der Waals surface area contributed by atoms with Gasteiger partial charge in [0.15, 0.2) is 46.8 Å². The molecule has 2 N–H and O–H groups in total. The predicted molar refractivity (Wildman–Crippen MR) is 301 cm³/mol. The summed E-state index contributed by atoms with van der Waals surface area (Å²) in [7, 11) is 0. The summed E-state index contributed by atoms with van der Waals surface area (Å²) in [5, 5.41) is 27.8. The maximum Gasteiger partial charge on any atom is 0.317 e. The van der Waals surface area contributed by atoms with E-state index in [-0.39, 0.29) is 42.5 Å². The zero-order valence-corrected chi connectivity index (χ0v) is 48.3. The number of likely N-dealkylation sites (tertiary alicyclic amines) is 2. The first kappa shape index (κ1) is 53.2. The number of hydrogen-bond acceptors (Lipinski definition) is 12. The van der Waals surface area contributed by atoms with Crippen LogP contribution in [0.1, 0.15) is 173 Å². The fourth-order valence-electron chi connectivity index (χ4n) is 17.4. The first-order chi connectivity index (χ1) is 37.2. The number of carbonyl (C=O) groups is 4.